The van der Waals surface area contributed by atoms with Gasteiger partial charge in [-0.1, -0.05) is 6.92 Å². The summed E-state index contributed by atoms with van der Waals surface area (Å²) in [6.07, 6.45) is 0.889. The monoisotopic (exact) mass is 291 g/mol. The minimum atomic E-state index is -0.336. The molecule has 0 aromatic carbocycles. The number of aryl methyl sites for hydroxylation is 1. The van der Waals surface area contributed by atoms with Gasteiger partial charge in [0.15, 0.2) is 0 Å². The minimum absolute atomic E-state index is 0.0919. The van der Waals surface area contributed by atoms with Crippen LogP contribution in [0.15, 0.2) is 6.07 Å². The van der Waals surface area contributed by atoms with E-state index in [2.05, 4.69) is 22.2 Å². The third-order valence-electron chi connectivity index (χ3n) is 3.04. The van der Waals surface area contributed by atoms with Gasteiger partial charge in [-0.25, -0.2) is 4.98 Å². The highest BCUT2D eigenvalue weighted by molar-refractivity contribution is 7.18. The Labute approximate surface area is 118 Å². The summed E-state index contributed by atoms with van der Waals surface area (Å²) in [6, 6.07) is 1.99. The van der Waals surface area contributed by atoms with Crippen molar-refractivity contribution in [2.75, 3.05) is 23.7 Å². The third kappa shape index (κ3) is 2.18. The lowest BCUT2D eigenvalue weighted by atomic mass is 10.2. The number of carbonyl (C=O) groups excluding carboxylic acids is 2. The molecular formula is C12H13N5O2S. The Morgan fingerprint density at radius 2 is 2.05 bits per heavy atom. The van der Waals surface area contributed by atoms with Crippen molar-refractivity contribution in [1.82, 2.24) is 15.3 Å². The Balaban J connectivity index is 2.11. The van der Waals surface area contributed by atoms with Crippen molar-refractivity contribution in [3.05, 3.63) is 10.9 Å². The number of imide groups is 1. The molecule has 0 spiro atoms. The number of aromatic nitrogens is 2. The van der Waals surface area contributed by atoms with Gasteiger partial charge in [-0.3, -0.25) is 14.9 Å². The van der Waals surface area contributed by atoms with Crippen LogP contribution in [0.3, 0.4) is 0 Å². The molecule has 2 aromatic heterocycles. The summed E-state index contributed by atoms with van der Waals surface area (Å²) in [7, 11) is 0. The van der Waals surface area contributed by atoms with Gasteiger partial charge in [0.2, 0.25) is 17.8 Å². The largest absolute Gasteiger partial charge is 0.368 e. The second-order valence-corrected chi connectivity index (χ2v) is 5.63. The lowest BCUT2D eigenvalue weighted by Gasteiger charge is -2.26. The van der Waals surface area contributed by atoms with Crippen molar-refractivity contribution in [2.45, 2.75) is 13.3 Å². The van der Waals surface area contributed by atoms with Crippen LogP contribution in [0.4, 0.5) is 11.8 Å². The Morgan fingerprint density at radius 1 is 1.35 bits per heavy atom. The van der Waals surface area contributed by atoms with E-state index in [4.69, 9.17) is 5.73 Å². The average molecular weight is 291 g/mol. The van der Waals surface area contributed by atoms with Crippen molar-refractivity contribution in [2.24, 2.45) is 0 Å². The smallest absolute Gasteiger partial charge is 0.246 e. The lowest BCUT2D eigenvalue weighted by Crippen LogP contribution is -2.51. The van der Waals surface area contributed by atoms with E-state index in [1.165, 1.54) is 0 Å². The standard InChI is InChI=1S/C12H13N5O2S/c1-2-6-3-7-10(15-12(13)16-11(7)20-6)17-4-8(18)14-9(19)5-17/h3H,2,4-5H2,1H3,(H2,13,15,16)(H,14,18,19). The molecule has 0 unspecified atom stereocenters. The van der Waals surface area contributed by atoms with Crippen molar-refractivity contribution in [3.8, 4) is 0 Å². The first-order chi connectivity index (χ1) is 9.56. The number of nitrogens with one attached hydrogen (secondary N) is 1. The molecule has 3 heterocycles. The van der Waals surface area contributed by atoms with E-state index in [9.17, 15) is 9.59 Å². The summed E-state index contributed by atoms with van der Waals surface area (Å²) in [5, 5.41) is 3.10. The van der Waals surface area contributed by atoms with Gasteiger partial charge in [-0.15, -0.1) is 11.3 Å². The normalized spacial score (nSPS) is 15.8. The molecule has 20 heavy (non-hydrogen) atoms. The van der Waals surface area contributed by atoms with Crippen molar-refractivity contribution in [1.29, 1.82) is 0 Å². The Bertz CT molecular complexity index is 695. The fourth-order valence-corrected chi connectivity index (χ4v) is 3.14. The van der Waals surface area contributed by atoms with Gasteiger partial charge in [-0.2, -0.15) is 4.98 Å². The number of fused-ring (bicyclic) bond motifs is 1. The van der Waals surface area contributed by atoms with Crippen LogP contribution in [0, 0.1) is 0 Å². The number of nitrogens with zero attached hydrogens (tertiary/aromatic N) is 3. The molecule has 1 saturated heterocycles. The van der Waals surface area contributed by atoms with Gasteiger partial charge in [0.25, 0.3) is 0 Å². The van der Waals surface area contributed by atoms with Crippen LogP contribution >= 0.6 is 11.3 Å². The number of carbonyl (C=O) groups is 2. The molecule has 1 aliphatic heterocycles. The van der Waals surface area contributed by atoms with Crippen molar-refractivity contribution in [3.63, 3.8) is 0 Å². The van der Waals surface area contributed by atoms with Crippen LogP contribution in [0.2, 0.25) is 0 Å². The first kappa shape index (κ1) is 12.8. The fraction of sp³-hybridized carbons (Fsp3) is 0.333. The predicted molar refractivity (Wildman–Crippen MR) is 76.6 cm³/mol. The van der Waals surface area contributed by atoms with E-state index in [-0.39, 0.29) is 30.9 Å². The van der Waals surface area contributed by atoms with Crippen molar-refractivity contribution >= 4 is 45.1 Å². The van der Waals surface area contributed by atoms with Gasteiger partial charge in [0, 0.05) is 4.88 Å². The fourth-order valence-electron chi connectivity index (χ4n) is 2.17. The van der Waals surface area contributed by atoms with E-state index >= 15 is 0 Å². The Hall–Kier alpha value is -2.22. The zero-order chi connectivity index (χ0) is 14.3. The van der Waals surface area contributed by atoms with Crippen LogP contribution in [-0.4, -0.2) is 34.9 Å². The van der Waals surface area contributed by atoms with Gasteiger partial charge in [-0.05, 0) is 12.5 Å². The summed E-state index contributed by atoms with van der Waals surface area (Å²) in [5.41, 5.74) is 5.72. The molecule has 0 radical (unpaired) electrons. The molecule has 2 aromatic rings. The molecule has 1 fully saturated rings. The molecule has 7 nitrogen and oxygen atoms in total. The Morgan fingerprint density at radius 3 is 2.70 bits per heavy atom. The summed E-state index contributed by atoms with van der Waals surface area (Å²) in [5.74, 6) is 0.0251. The molecule has 1 aliphatic rings. The lowest BCUT2D eigenvalue weighted by molar-refractivity contribution is -0.130. The van der Waals surface area contributed by atoms with Crippen LogP contribution in [0.5, 0.6) is 0 Å². The summed E-state index contributed by atoms with van der Waals surface area (Å²) in [4.78, 5) is 35.0. The second-order valence-electron chi connectivity index (χ2n) is 4.52. The van der Waals surface area contributed by atoms with Gasteiger partial charge < -0.3 is 10.6 Å². The minimum Gasteiger partial charge on any atom is -0.368 e. The molecule has 0 atom stereocenters. The molecule has 2 amide bonds. The zero-order valence-corrected chi connectivity index (χ0v) is 11.7. The maximum atomic E-state index is 11.5. The summed E-state index contributed by atoms with van der Waals surface area (Å²) < 4.78 is 0. The molecule has 104 valence electrons. The van der Waals surface area contributed by atoms with E-state index in [1.807, 2.05) is 6.07 Å². The highest BCUT2D eigenvalue weighted by Gasteiger charge is 2.26. The molecule has 3 rings (SSSR count). The van der Waals surface area contributed by atoms with Gasteiger partial charge in [0.05, 0.1) is 18.5 Å². The number of nitrogen functional groups attached to an aromatic ring is 1. The Kier molecular flexibility index (Phi) is 3.01. The molecule has 8 heteroatoms. The van der Waals surface area contributed by atoms with Crippen LogP contribution in [0.1, 0.15) is 11.8 Å². The molecule has 0 saturated carbocycles. The highest BCUT2D eigenvalue weighted by Crippen LogP contribution is 2.32. The number of anilines is 2. The molecule has 3 N–H and O–H groups in total. The summed E-state index contributed by atoms with van der Waals surface area (Å²) in [6.45, 7) is 2.24. The summed E-state index contributed by atoms with van der Waals surface area (Å²) >= 11 is 1.55. The first-order valence-corrected chi connectivity index (χ1v) is 7.02. The number of hydrogen-bond donors (Lipinski definition) is 2. The number of hydrogen-bond acceptors (Lipinski definition) is 7. The van der Waals surface area contributed by atoms with E-state index < -0.39 is 0 Å². The zero-order valence-electron chi connectivity index (χ0n) is 10.8. The predicted octanol–water partition coefficient (Wildman–Crippen LogP) is 0.299. The maximum Gasteiger partial charge on any atom is 0.246 e. The number of piperazine rings is 1. The SMILES string of the molecule is CCc1cc2c(N3CC(=O)NC(=O)C3)nc(N)nc2s1. The number of rotatable bonds is 2. The van der Waals surface area contributed by atoms with Crippen molar-refractivity contribution < 1.29 is 9.59 Å². The maximum absolute atomic E-state index is 11.5. The molecular weight excluding hydrogens is 278 g/mol. The second kappa shape index (κ2) is 4.71. The van der Waals surface area contributed by atoms with E-state index in [0.29, 0.717) is 5.82 Å². The van der Waals surface area contributed by atoms with Crippen LogP contribution in [0.25, 0.3) is 10.2 Å². The van der Waals surface area contributed by atoms with Gasteiger partial charge >= 0.3 is 0 Å². The highest BCUT2D eigenvalue weighted by atomic mass is 32.1. The van der Waals surface area contributed by atoms with E-state index in [1.54, 1.807) is 16.2 Å². The van der Waals surface area contributed by atoms with Gasteiger partial charge in [0.1, 0.15) is 10.6 Å². The molecule has 0 bridgehead atoms. The van der Waals surface area contributed by atoms with Crippen LogP contribution in [-0.2, 0) is 16.0 Å². The third-order valence-corrected chi connectivity index (χ3v) is 4.21. The number of nitrogens with two attached hydrogens (primary N) is 1. The van der Waals surface area contributed by atoms with Crippen LogP contribution < -0.4 is 16.0 Å². The van der Waals surface area contributed by atoms with E-state index in [0.717, 1.165) is 21.5 Å². The molecule has 0 aliphatic carbocycles. The number of amides is 2. The topological polar surface area (TPSA) is 101 Å². The first-order valence-electron chi connectivity index (χ1n) is 6.20. The number of thiophene rings is 1. The average Bonchev–Trinajstić information content (AvgIpc) is 2.79. The quantitative estimate of drug-likeness (QED) is 0.772.